The van der Waals surface area contributed by atoms with Crippen LogP contribution in [0.25, 0.3) is 27.9 Å². The number of pyridine rings is 1. The standard InChI is InChI=1S/C23H24F5N9O/c1-12-30-16-5-4-15(31-20(16)36(12)11-23(26,27)28)14-6-9-37-18(14)19(29-3)33-21(34-37)32-17-7-8-35(13(2)38)10-22(17,24)25/h4-6,9,17H,7-8,10-11H2,1-3H3,(H2,29,32,33,34). The number of nitrogens with one attached hydrogen (secondary N) is 2. The molecule has 0 bridgehead atoms. The first-order valence-electron chi connectivity index (χ1n) is 11.7. The van der Waals surface area contributed by atoms with Gasteiger partial charge in [-0.15, -0.1) is 5.10 Å². The molecular formula is C23H24F5N9O. The summed E-state index contributed by atoms with van der Waals surface area (Å²) in [5.41, 5.74) is 1.77. The molecule has 1 aliphatic rings. The van der Waals surface area contributed by atoms with Crippen LogP contribution in [0.15, 0.2) is 24.4 Å². The SMILES string of the molecule is CNc1nc(NC2CCN(C(C)=O)CC2(F)F)nn2ccc(-c3ccc4nc(C)n(CC(F)(F)F)c4n3)c12. The second-order valence-electron chi connectivity index (χ2n) is 9.14. The number of piperidine rings is 1. The monoisotopic (exact) mass is 537 g/mol. The first kappa shape index (κ1) is 25.6. The van der Waals surface area contributed by atoms with Crippen LogP contribution >= 0.6 is 0 Å². The Bertz CT molecular complexity index is 1530. The summed E-state index contributed by atoms with van der Waals surface area (Å²) in [6.07, 6.45) is -2.86. The normalized spacial score (nSPS) is 17.8. The van der Waals surface area contributed by atoms with Crippen molar-refractivity contribution in [1.29, 1.82) is 0 Å². The molecule has 5 rings (SSSR count). The maximum atomic E-state index is 14.7. The predicted molar refractivity (Wildman–Crippen MR) is 129 cm³/mol. The Balaban J connectivity index is 1.50. The molecule has 0 spiro atoms. The smallest absolute Gasteiger partial charge is 0.371 e. The van der Waals surface area contributed by atoms with Gasteiger partial charge in [-0.25, -0.2) is 23.3 Å². The van der Waals surface area contributed by atoms with E-state index >= 15 is 0 Å². The summed E-state index contributed by atoms with van der Waals surface area (Å²) in [7, 11) is 1.60. The Morgan fingerprint density at radius 2 is 1.95 bits per heavy atom. The molecule has 0 radical (unpaired) electrons. The number of halogens is 5. The Morgan fingerprint density at radius 3 is 2.61 bits per heavy atom. The van der Waals surface area contributed by atoms with Gasteiger partial charge in [-0.3, -0.25) is 4.79 Å². The number of alkyl halides is 5. The number of amides is 1. The second kappa shape index (κ2) is 9.06. The number of hydrogen-bond acceptors (Lipinski definition) is 7. The van der Waals surface area contributed by atoms with E-state index in [0.717, 1.165) is 9.47 Å². The molecule has 1 atom stereocenters. The van der Waals surface area contributed by atoms with Gasteiger partial charge < -0.3 is 20.1 Å². The van der Waals surface area contributed by atoms with Crippen LogP contribution in [0.4, 0.5) is 33.7 Å². The number of fused-ring (bicyclic) bond motifs is 2. The van der Waals surface area contributed by atoms with Crippen molar-refractivity contribution >= 4 is 34.4 Å². The molecule has 0 aromatic carbocycles. The molecule has 4 aromatic rings. The number of carbonyl (C=O) groups excluding carboxylic acids is 1. The molecule has 10 nitrogen and oxygen atoms in total. The molecule has 1 unspecified atom stereocenters. The summed E-state index contributed by atoms with van der Waals surface area (Å²) in [5.74, 6) is -3.17. The average molecular weight is 537 g/mol. The van der Waals surface area contributed by atoms with Crippen molar-refractivity contribution in [1.82, 2.24) is 34.0 Å². The van der Waals surface area contributed by atoms with Crippen LogP contribution < -0.4 is 10.6 Å². The van der Waals surface area contributed by atoms with Crippen molar-refractivity contribution in [3.8, 4) is 11.3 Å². The zero-order valence-corrected chi connectivity index (χ0v) is 20.6. The third-order valence-electron chi connectivity index (χ3n) is 6.49. The van der Waals surface area contributed by atoms with Gasteiger partial charge in [-0.05, 0) is 31.5 Å². The van der Waals surface area contributed by atoms with Crippen molar-refractivity contribution in [2.45, 2.75) is 45.0 Å². The van der Waals surface area contributed by atoms with E-state index in [2.05, 4.69) is 30.7 Å². The van der Waals surface area contributed by atoms with E-state index < -0.39 is 37.1 Å². The fourth-order valence-electron chi connectivity index (χ4n) is 4.64. The van der Waals surface area contributed by atoms with Gasteiger partial charge in [-0.2, -0.15) is 18.2 Å². The quantitative estimate of drug-likeness (QED) is 0.374. The van der Waals surface area contributed by atoms with Gasteiger partial charge in [0.25, 0.3) is 5.92 Å². The lowest BCUT2D eigenvalue weighted by molar-refractivity contribution is -0.141. The maximum absolute atomic E-state index is 14.7. The first-order chi connectivity index (χ1) is 17.9. The molecule has 2 N–H and O–H groups in total. The summed E-state index contributed by atoms with van der Waals surface area (Å²) in [5, 5.41) is 9.94. The largest absolute Gasteiger partial charge is 0.406 e. The van der Waals surface area contributed by atoms with Crippen LogP contribution in [0, 0.1) is 6.92 Å². The van der Waals surface area contributed by atoms with E-state index in [-0.39, 0.29) is 30.4 Å². The van der Waals surface area contributed by atoms with Gasteiger partial charge in [0.1, 0.15) is 23.4 Å². The van der Waals surface area contributed by atoms with Crippen molar-refractivity contribution in [2.75, 3.05) is 30.8 Å². The van der Waals surface area contributed by atoms with Crippen molar-refractivity contribution < 1.29 is 26.7 Å². The second-order valence-corrected chi connectivity index (χ2v) is 9.14. The number of nitrogens with zero attached hydrogens (tertiary/aromatic N) is 7. The van der Waals surface area contributed by atoms with E-state index in [4.69, 9.17) is 0 Å². The molecule has 202 valence electrons. The van der Waals surface area contributed by atoms with Crippen molar-refractivity contribution in [3.63, 3.8) is 0 Å². The van der Waals surface area contributed by atoms with Crippen LogP contribution in [0.5, 0.6) is 0 Å². The highest BCUT2D eigenvalue weighted by molar-refractivity contribution is 5.89. The molecule has 15 heteroatoms. The summed E-state index contributed by atoms with van der Waals surface area (Å²) in [6.45, 7) is 0.985. The topological polar surface area (TPSA) is 105 Å². The number of rotatable bonds is 5. The first-order valence-corrected chi connectivity index (χ1v) is 11.7. The average Bonchev–Trinajstić information content (AvgIpc) is 3.39. The lowest BCUT2D eigenvalue weighted by Crippen LogP contribution is -2.55. The minimum Gasteiger partial charge on any atom is -0.371 e. The number of anilines is 2. The number of hydrogen-bond donors (Lipinski definition) is 2. The lowest BCUT2D eigenvalue weighted by Gasteiger charge is -2.38. The summed E-state index contributed by atoms with van der Waals surface area (Å²) >= 11 is 0. The zero-order valence-electron chi connectivity index (χ0n) is 20.6. The minimum absolute atomic E-state index is 0.00868. The highest BCUT2D eigenvalue weighted by Crippen LogP contribution is 2.33. The van der Waals surface area contributed by atoms with Gasteiger partial charge >= 0.3 is 6.18 Å². The van der Waals surface area contributed by atoms with Gasteiger partial charge in [0.15, 0.2) is 11.5 Å². The molecule has 1 fully saturated rings. The van der Waals surface area contributed by atoms with E-state index in [1.54, 1.807) is 31.4 Å². The molecule has 4 aromatic heterocycles. The fraction of sp³-hybridized carbons (Fsp3) is 0.435. The molecule has 5 heterocycles. The van der Waals surface area contributed by atoms with E-state index in [0.29, 0.717) is 28.1 Å². The maximum Gasteiger partial charge on any atom is 0.406 e. The molecule has 0 aliphatic carbocycles. The molecular weight excluding hydrogens is 513 g/mol. The number of aryl methyl sites for hydroxylation is 1. The van der Waals surface area contributed by atoms with Crippen LogP contribution in [0.3, 0.4) is 0 Å². The van der Waals surface area contributed by atoms with Crippen LogP contribution in [-0.2, 0) is 11.3 Å². The van der Waals surface area contributed by atoms with Gasteiger partial charge in [-0.1, -0.05) is 0 Å². The molecule has 1 saturated heterocycles. The molecule has 0 saturated carbocycles. The predicted octanol–water partition coefficient (Wildman–Crippen LogP) is 3.72. The number of aromatic nitrogens is 6. The number of likely N-dealkylation sites (tertiary alicyclic amines) is 1. The number of carbonyl (C=O) groups is 1. The zero-order chi connectivity index (χ0) is 27.4. The Hall–Kier alpha value is -4.04. The number of imidazole rings is 1. The van der Waals surface area contributed by atoms with Gasteiger partial charge in [0.2, 0.25) is 11.9 Å². The summed E-state index contributed by atoms with van der Waals surface area (Å²) in [4.78, 5) is 25.6. The Kier molecular flexibility index (Phi) is 6.10. The molecule has 1 amide bonds. The van der Waals surface area contributed by atoms with Crippen LogP contribution in [0.1, 0.15) is 19.2 Å². The Labute approximate surface area is 212 Å². The van der Waals surface area contributed by atoms with E-state index in [1.807, 2.05) is 0 Å². The van der Waals surface area contributed by atoms with Crippen LogP contribution in [0.2, 0.25) is 0 Å². The fourth-order valence-corrected chi connectivity index (χ4v) is 4.64. The lowest BCUT2D eigenvalue weighted by atomic mass is 10.0. The van der Waals surface area contributed by atoms with E-state index in [9.17, 15) is 26.7 Å². The van der Waals surface area contributed by atoms with E-state index in [1.165, 1.54) is 18.4 Å². The van der Waals surface area contributed by atoms with Crippen molar-refractivity contribution in [3.05, 3.63) is 30.2 Å². The molecule has 1 aliphatic heterocycles. The molecule has 38 heavy (non-hydrogen) atoms. The Morgan fingerprint density at radius 1 is 1.18 bits per heavy atom. The highest BCUT2D eigenvalue weighted by atomic mass is 19.4. The third-order valence-corrected chi connectivity index (χ3v) is 6.49. The van der Waals surface area contributed by atoms with Crippen molar-refractivity contribution in [2.24, 2.45) is 0 Å². The van der Waals surface area contributed by atoms with Crippen LogP contribution in [-0.4, -0.2) is 78.2 Å². The third kappa shape index (κ3) is 4.67. The minimum atomic E-state index is -4.45. The van der Waals surface area contributed by atoms with Gasteiger partial charge in [0, 0.05) is 32.3 Å². The summed E-state index contributed by atoms with van der Waals surface area (Å²) < 4.78 is 71.3. The summed E-state index contributed by atoms with van der Waals surface area (Å²) in [6, 6.07) is 3.61. The highest BCUT2D eigenvalue weighted by Gasteiger charge is 2.45. The van der Waals surface area contributed by atoms with Gasteiger partial charge in [0.05, 0.1) is 18.3 Å².